The predicted molar refractivity (Wildman–Crippen MR) is 70.5 cm³/mol. The second kappa shape index (κ2) is 6.73. The van der Waals surface area contributed by atoms with E-state index in [4.69, 9.17) is 11.6 Å². The molecule has 0 unspecified atom stereocenters. The molecule has 0 heterocycles. The molecule has 0 bridgehead atoms. The van der Waals surface area contributed by atoms with Crippen molar-refractivity contribution in [3.8, 4) is 0 Å². The first-order valence-electron chi connectivity index (χ1n) is 5.83. The molecule has 0 atom stereocenters. The molecule has 5 heteroatoms. The van der Waals surface area contributed by atoms with Crippen molar-refractivity contribution in [1.82, 2.24) is 5.32 Å². The average molecular weight is 272 g/mol. The Morgan fingerprint density at radius 1 is 1.33 bits per heavy atom. The zero-order valence-corrected chi connectivity index (χ0v) is 11.1. The number of benzene rings is 1. The van der Waals surface area contributed by atoms with Crippen LogP contribution in [0.2, 0.25) is 5.02 Å². The number of hydrogen-bond acceptors (Lipinski definition) is 3. The molecule has 0 saturated carbocycles. The maximum atomic E-state index is 11.9. The number of carbonyl (C=O) groups is 1. The normalized spacial score (nSPS) is 11.3. The third kappa shape index (κ3) is 3.70. The monoisotopic (exact) mass is 271 g/mol. The summed E-state index contributed by atoms with van der Waals surface area (Å²) in [7, 11) is 0. The van der Waals surface area contributed by atoms with Crippen LogP contribution in [0.1, 0.15) is 18.9 Å². The van der Waals surface area contributed by atoms with Crippen LogP contribution in [-0.4, -0.2) is 34.9 Å². The summed E-state index contributed by atoms with van der Waals surface area (Å²) in [5, 5.41) is 21.7. The Bertz CT molecular complexity index is 397. The highest BCUT2D eigenvalue weighted by Crippen LogP contribution is 2.16. The Labute approximate surface area is 112 Å². The molecular formula is C13H18ClNO3. The fourth-order valence-corrected chi connectivity index (χ4v) is 1.80. The Kier molecular flexibility index (Phi) is 5.59. The highest BCUT2D eigenvalue weighted by atomic mass is 35.5. The van der Waals surface area contributed by atoms with Gasteiger partial charge in [0.1, 0.15) is 0 Å². The van der Waals surface area contributed by atoms with Crippen LogP contribution in [0.5, 0.6) is 0 Å². The van der Waals surface area contributed by atoms with E-state index >= 15 is 0 Å². The molecule has 0 saturated heterocycles. The summed E-state index contributed by atoms with van der Waals surface area (Å²) in [6, 6.07) is 7.09. The summed E-state index contributed by atoms with van der Waals surface area (Å²) < 4.78 is 0. The molecule has 1 amide bonds. The Hall–Kier alpha value is -1.10. The van der Waals surface area contributed by atoms with E-state index in [1.807, 2.05) is 0 Å². The molecule has 0 aliphatic rings. The van der Waals surface area contributed by atoms with Crippen LogP contribution in [-0.2, 0) is 11.2 Å². The van der Waals surface area contributed by atoms with Gasteiger partial charge in [-0.2, -0.15) is 0 Å². The van der Waals surface area contributed by atoms with Crippen LogP contribution in [0.3, 0.4) is 0 Å². The zero-order chi connectivity index (χ0) is 13.6. The number of rotatable bonds is 6. The molecular weight excluding hydrogens is 254 g/mol. The van der Waals surface area contributed by atoms with Gasteiger partial charge in [0.25, 0.3) is 0 Å². The summed E-state index contributed by atoms with van der Waals surface area (Å²) in [5.41, 5.74) is -0.240. The lowest BCUT2D eigenvalue weighted by Crippen LogP contribution is -2.54. The van der Waals surface area contributed by atoms with Crippen LogP contribution in [0.25, 0.3) is 0 Å². The van der Waals surface area contributed by atoms with Crippen molar-refractivity contribution in [2.75, 3.05) is 13.2 Å². The summed E-state index contributed by atoms with van der Waals surface area (Å²) in [6.07, 6.45) is 0.579. The van der Waals surface area contributed by atoms with E-state index in [0.717, 1.165) is 5.56 Å². The first kappa shape index (κ1) is 15.0. The first-order valence-corrected chi connectivity index (χ1v) is 6.21. The van der Waals surface area contributed by atoms with E-state index in [9.17, 15) is 15.0 Å². The lowest BCUT2D eigenvalue weighted by molar-refractivity contribution is -0.123. The molecule has 0 aliphatic carbocycles. The fraction of sp³-hybridized carbons (Fsp3) is 0.462. The van der Waals surface area contributed by atoms with Crippen LogP contribution < -0.4 is 5.32 Å². The number of halogens is 1. The highest BCUT2D eigenvalue weighted by molar-refractivity contribution is 6.31. The SMILES string of the molecule is CCC(CO)(CO)NC(=O)Cc1ccccc1Cl. The Morgan fingerprint density at radius 3 is 2.44 bits per heavy atom. The van der Waals surface area contributed by atoms with Gasteiger partial charge in [-0.15, -0.1) is 0 Å². The van der Waals surface area contributed by atoms with Gasteiger partial charge in [-0.1, -0.05) is 36.7 Å². The van der Waals surface area contributed by atoms with Gasteiger partial charge in [0.05, 0.1) is 25.2 Å². The summed E-state index contributed by atoms with van der Waals surface area (Å²) in [5.74, 6) is -0.270. The molecule has 0 aromatic heterocycles. The molecule has 3 N–H and O–H groups in total. The van der Waals surface area contributed by atoms with Crippen molar-refractivity contribution in [3.05, 3.63) is 34.9 Å². The fourth-order valence-electron chi connectivity index (χ4n) is 1.60. The molecule has 4 nitrogen and oxygen atoms in total. The number of carbonyl (C=O) groups excluding carboxylic acids is 1. The number of hydrogen-bond donors (Lipinski definition) is 3. The maximum absolute atomic E-state index is 11.9. The number of nitrogens with one attached hydrogen (secondary N) is 1. The lowest BCUT2D eigenvalue weighted by atomic mass is 9.98. The summed E-state index contributed by atoms with van der Waals surface area (Å²) in [4.78, 5) is 11.9. The maximum Gasteiger partial charge on any atom is 0.225 e. The van der Waals surface area contributed by atoms with Crippen molar-refractivity contribution < 1.29 is 15.0 Å². The van der Waals surface area contributed by atoms with E-state index in [2.05, 4.69) is 5.32 Å². The van der Waals surface area contributed by atoms with Gasteiger partial charge in [-0.05, 0) is 18.1 Å². The average Bonchev–Trinajstić information content (AvgIpc) is 2.39. The molecule has 1 rings (SSSR count). The highest BCUT2D eigenvalue weighted by Gasteiger charge is 2.28. The van der Waals surface area contributed by atoms with Crippen LogP contribution in [0.4, 0.5) is 0 Å². The minimum atomic E-state index is -0.960. The summed E-state index contributed by atoms with van der Waals surface area (Å²) >= 11 is 5.96. The number of aliphatic hydroxyl groups excluding tert-OH is 2. The number of aliphatic hydroxyl groups is 2. The largest absolute Gasteiger partial charge is 0.394 e. The third-order valence-corrected chi connectivity index (χ3v) is 3.36. The summed E-state index contributed by atoms with van der Waals surface area (Å²) in [6.45, 7) is 1.20. The molecule has 0 fully saturated rings. The van der Waals surface area contributed by atoms with Gasteiger partial charge >= 0.3 is 0 Å². The van der Waals surface area contributed by atoms with E-state index in [1.165, 1.54) is 0 Å². The van der Waals surface area contributed by atoms with Gasteiger partial charge in [0.2, 0.25) is 5.91 Å². The van der Waals surface area contributed by atoms with Gasteiger partial charge in [-0.3, -0.25) is 4.79 Å². The molecule has 0 radical (unpaired) electrons. The zero-order valence-electron chi connectivity index (χ0n) is 10.3. The minimum absolute atomic E-state index is 0.126. The molecule has 1 aromatic rings. The third-order valence-electron chi connectivity index (χ3n) is 3.00. The van der Waals surface area contributed by atoms with Gasteiger partial charge < -0.3 is 15.5 Å². The smallest absolute Gasteiger partial charge is 0.225 e. The van der Waals surface area contributed by atoms with Crippen LogP contribution >= 0.6 is 11.6 Å². The molecule has 100 valence electrons. The second-order valence-corrected chi connectivity index (χ2v) is 4.67. The van der Waals surface area contributed by atoms with Gasteiger partial charge in [0.15, 0.2) is 0 Å². The van der Waals surface area contributed by atoms with Gasteiger partial charge in [-0.25, -0.2) is 0 Å². The van der Waals surface area contributed by atoms with E-state index in [0.29, 0.717) is 11.4 Å². The van der Waals surface area contributed by atoms with Crippen LogP contribution in [0, 0.1) is 0 Å². The molecule has 0 spiro atoms. The number of amides is 1. The minimum Gasteiger partial charge on any atom is -0.394 e. The second-order valence-electron chi connectivity index (χ2n) is 4.27. The van der Waals surface area contributed by atoms with Crippen molar-refractivity contribution in [2.45, 2.75) is 25.3 Å². The first-order chi connectivity index (χ1) is 8.56. The van der Waals surface area contributed by atoms with Gasteiger partial charge in [0, 0.05) is 5.02 Å². The quantitative estimate of drug-likeness (QED) is 0.727. The van der Waals surface area contributed by atoms with Crippen molar-refractivity contribution in [1.29, 1.82) is 0 Å². The predicted octanol–water partition coefficient (Wildman–Crippen LogP) is 1.13. The van der Waals surface area contributed by atoms with E-state index in [1.54, 1.807) is 31.2 Å². The van der Waals surface area contributed by atoms with Crippen LogP contribution in [0.15, 0.2) is 24.3 Å². The van der Waals surface area contributed by atoms with Crippen molar-refractivity contribution >= 4 is 17.5 Å². The Balaban J connectivity index is 2.70. The molecule has 1 aromatic carbocycles. The van der Waals surface area contributed by atoms with E-state index < -0.39 is 5.54 Å². The van der Waals surface area contributed by atoms with E-state index in [-0.39, 0.29) is 25.5 Å². The standard InChI is InChI=1S/C13H18ClNO3/c1-2-13(8-16,9-17)15-12(18)7-10-5-3-4-6-11(10)14/h3-6,16-17H,2,7-9H2,1H3,(H,15,18). The topological polar surface area (TPSA) is 69.6 Å². The molecule has 18 heavy (non-hydrogen) atoms. The van der Waals surface area contributed by atoms with Crippen molar-refractivity contribution in [3.63, 3.8) is 0 Å². The van der Waals surface area contributed by atoms with Crippen molar-refractivity contribution in [2.24, 2.45) is 0 Å². The molecule has 0 aliphatic heterocycles. The Morgan fingerprint density at radius 2 is 1.94 bits per heavy atom. The lowest BCUT2D eigenvalue weighted by Gasteiger charge is -2.29.